The fourth-order valence-corrected chi connectivity index (χ4v) is 5.33. The monoisotopic (exact) mass is 483 g/mol. The largest absolute Gasteiger partial charge is 0.462 e. The molecule has 4 amide bonds. The van der Waals surface area contributed by atoms with Crippen molar-refractivity contribution >= 4 is 52.2 Å². The van der Waals surface area contributed by atoms with E-state index < -0.39 is 35.9 Å². The highest BCUT2D eigenvalue weighted by atomic mass is 32.1. The molecule has 1 unspecified atom stereocenters. The molecule has 10 heteroatoms. The summed E-state index contributed by atoms with van der Waals surface area (Å²) in [6.07, 6.45) is 0. The average molecular weight is 484 g/mol. The molecule has 1 aromatic carbocycles. The summed E-state index contributed by atoms with van der Waals surface area (Å²) in [4.78, 5) is 53.3. The lowest BCUT2D eigenvalue weighted by Crippen LogP contribution is -2.41. The number of nitrogens with zero attached hydrogens (tertiary/aromatic N) is 1. The van der Waals surface area contributed by atoms with Crippen molar-refractivity contribution in [2.75, 3.05) is 18.5 Å². The van der Waals surface area contributed by atoms with Crippen molar-refractivity contribution in [2.24, 2.45) is 0 Å². The van der Waals surface area contributed by atoms with Crippen LogP contribution in [-0.4, -0.2) is 41.9 Å². The highest BCUT2D eigenvalue weighted by Crippen LogP contribution is 2.36. The Morgan fingerprint density at radius 1 is 1.15 bits per heavy atom. The van der Waals surface area contributed by atoms with Crippen molar-refractivity contribution in [1.82, 2.24) is 10.2 Å². The molecule has 0 spiro atoms. The molecular weight excluding hydrogens is 462 g/mol. The standard InChI is InChI=1S/C23H21N3O5S2/c1-3-31-20(28)19-15(12-16(33-19)14-8-5-4-6-9-14)24-18(27)13-26-21(29)23(2,25-22(26)30)17-10-7-11-32-17/h4-12H,3,13H2,1-2H3,(H,24,27)(H,25,30). The first kappa shape index (κ1) is 22.7. The molecule has 170 valence electrons. The van der Waals surface area contributed by atoms with Crippen LogP contribution in [0.1, 0.15) is 28.4 Å². The number of nitrogens with one attached hydrogen (secondary N) is 2. The van der Waals surface area contributed by atoms with Crippen LogP contribution in [0.2, 0.25) is 0 Å². The molecule has 1 aliphatic rings. The zero-order valence-corrected chi connectivity index (χ0v) is 19.5. The number of imide groups is 1. The van der Waals surface area contributed by atoms with Gasteiger partial charge in [-0.1, -0.05) is 36.4 Å². The van der Waals surface area contributed by atoms with Crippen LogP contribution in [-0.2, 0) is 19.9 Å². The van der Waals surface area contributed by atoms with E-state index >= 15 is 0 Å². The Morgan fingerprint density at radius 2 is 1.91 bits per heavy atom. The number of urea groups is 1. The fraction of sp³-hybridized carbons (Fsp3) is 0.217. The summed E-state index contributed by atoms with van der Waals surface area (Å²) in [5.41, 5.74) is -0.0606. The number of benzene rings is 1. The summed E-state index contributed by atoms with van der Waals surface area (Å²) in [7, 11) is 0. The van der Waals surface area contributed by atoms with Gasteiger partial charge >= 0.3 is 12.0 Å². The number of carbonyl (C=O) groups excluding carboxylic acids is 4. The molecule has 1 saturated heterocycles. The topological polar surface area (TPSA) is 105 Å². The molecule has 33 heavy (non-hydrogen) atoms. The zero-order chi connectivity index (χ0) is 23.6. The van der Waals surface area contributed by atoms with E-state index in [1.54, 1.807) is 32.0 Å². The Morgan fingerprint density at radius 3 is 2.58 bits per heavy atom. The van der Waals surface area contributed by atoms with Gasteiger partial charge in [-0.3, -0.25) is 14.5 Å². The third kappa shape index (κ3) is 4.39. The van der Waals surface area contributed by atoms with Crippen LogP contribution >= 0.6 is 22.7 Å². The number of carbonyl (C=O) groups is 4. The van der Waals surface area contributed by atoms with Gasteiger partial charge in [0, 0.05) is 9.75 Å². The predicted molar refractivity (Wildman–Crippen MR) is 126 cm³/mol. The first-order valence-corrected chi connectivity index (χ1v) is 11.9. The van der Waals surface area contributed by atoms with Crippen molar-refractivity contribution in [3.63, 3.8) is 0 Å². The molecule has 0 saturated carbocycles. The third-order valence-corrected chi connectivity index (χ3v) is 7.37. The van der Waals surface area contributed by atoms with Gasteiger partial charge in [0.25, 0.3) is 5.91 Å². The van der Waals surface area contributed by atoms with Gasteiger partial charge in [-0.25, -0.2) is 9.59 Å². The second-order valence-electron chi connectivity index (χ2n) is 7.41. The Hall–Kier alpha value is -3.50. The Bertz CT molecular complexity index is 1210. The molecule has 1 fully saturated rings. The summed E-state index contributed by atoms with van der Waals surface area (Å²) < 4.78 is 5.13. The molecule has 2 N–H and O–H groups in total. The van der Waals surface area contributed by atoms with E-state index in [-0.39, 0.29) is 17.2 Å². The number of hydrogen-bond acceptors (Lipinski definition) is 7. The Balaban J connectivity index is 1.54. The molecular formula is C23H21N3O5S2. The minimum absolute atomic E-state index is 0.189. The van der Waals surface area contributed by atoms with E-state index in [1.165, 1.54) is 22.7 Å². The normalized spacial score (nSPS) is 17.7. The number of esters is 1. The number of ether oxygens (including phenoxy) is 1. The number of thiophene rings is 2. The molecule has 2 aromatic heterocycles. The van der Waals surface area contributed by atoms with Crippen LogP contribution < -0.4 is 10.6 Å². The molecule has 4 rings (SSSR count). The number of rotatable bonds is 7. The van der Waals surface area contributed by atoms with Crippen molar-refractivity contribution in [1.29, 1.82) is 0 Å². The molecule has 0 aliphatic carbocycles. The zero-order valence-electron chi connectivity index (χ0n) is 17.9. The predicted octanol–water partition coefficient (Wildman–Crippen LogP) is 4.06. The molecule has 3 heterocycles. The Kier molecular flexibility index (Phi) is 6.30. The van der Waals surface area contributed by atoms with Gasteiger partial charge in [0.05, 0.1) is 12.3 Å². The quantitative estimate of drug-likeness (QED) is 0.390. The van der Waals surface area contributed by atoms with Crippen LogP contribution in [0, 0.1) is 0 Å². The minimum atomic E-state index is -1.22. The van der Waals surface area contributed by atoms with Gasteiger partial charge in [-0.2, -0.15) is 0 Å². The molecule has 1 atom stereocenters. The van der Waals surface area contributed by atoms with E-state index in [4.69, 9.17) is 4.74 Å². The number of anilines is 1. The molecule has 0 radical (unpaired) electrons. The lowest BCUT2D eigenvalue weighted by atomic mass is 10.0. The maximum absolute atomic E-state index is 13.0. The van der Waals surface area contributed by atoms with Crippen LogP contribution in [0.25, 0.3) is 10.4 Å². The molecule has 0 bridgehead atoms. The average Bonchev–Trinajstić information content (AvgIpc) is 3.52. The van der Waals surface area contributed by atoms with E-state index in [0.717, 1.165) is 15.3 Å². The van der Waals surface area contributed by atoms with E-state index in [9.17, 15) is 19.2 Å². The second kappa shape index (κ2) is 9.16. The second-order valence-corrected chi connectivity index (χ2v) is 9.41. The first-order chi connectivity index (χ1) is 15.8. The van der Waals surface area contributed by atoms with Crippen LogP contribution in [0.3, 0.4) is 0 Å². The van der Waals surface area contributed by atoms with E-state index in [0.29, 0.717) is 4.88 Å². The molecule has 3 aromatic rings. The summed E-state index contributed by atoms with van der Waals surface area (Å²) >= 11 is 2.54. The van der Waals surface area contributed by atoms with Crippen molar-refractivity contribution in [2.45, 2.75) is 19.4 Å². The number of hydrogen-bond donors (Lipinski definition) is 2. The van der Waals surface area contributed by atoms with Crippen molar-refractivity contribution < 1.29 is 23.9 Å². The van der Waals surface area contributed by atoms with E-state index in [2.05, 4.69) is 10.6 Å². The SMILES string of the molecule is CCOC(=O)c1sc(-c2ccccc2)cc1NC(=O)CN1C(=O)NC(C)(c2cccs2)C1=O. The lowest BCUT2D eigenvalue weighted by molar-refractivity contribution is -0.133. The third-order valence-electron chi connectivity index (χ3n) is 5.12. The minimum Gasteiger partial charge on any atom is -0.462 e. The van der Waals surface area contributed by atoms with Gasteiger partial charge in [0.15, 0.2) is 5.54 Å². The molecule has 8 nitrogen and oxygen atoms in total. The highest BCUT2D eigenvalue weighted by Gasteiger charge is 2.50. The summed E-state index contributed by atoms with van der Waals surface area (Å²) in [6, 6.07) is 14.0. The maximum Gasteiger partial charge on any atom is 0.350 e. The summed E-state index contributed by atoms with van der Waals surface area (Å²) in [5.74, 6) is -1.66. The lowest BCUT2D eigenvalue weighted by Gasteiger charge is -2.19. The van der Waals surface area contributed by atoms with Gasteiger partial charge in [-0.15, -0.1) is 22.7 Å². The molecule has 1 aliphatic heterocycles. The van der Waals surface area contributed by atoms with Crippen LogP contribution in [0.4, 0.5) is 10.5 Å². The Labute approximate surface area is 198 Å². The fourth-order valence-electron chi connectivity index (χ4n) is 3.48. The van der Waals surface area contributed by atoms with Gasteiger partial charge in [-0.05, 0) is 36.9 Å². The first-order valence-electron chi connectivity index (χ1n) is 10.2. The van der Waals surface area contributed by atoms with Gasteiger partial charge in [0.1, 0.15) is 11.4 Å². The van der Waals surface area contributed by atoms with Gasteiger partial charge < -0.3 is 15.4 Å². The van der Waals surface area contributed by atoms with Crippen LogP contribution in [0.5, 0.6) is 0 Å². The summed E-state index contributed by atoms with van der Waals surface area (Å²) in [6.45, 7) is 3.02. The summed E-state index contributed by atoms with van der Waals surface area (Å²) in [5, 5.41) is 7.15. The van der Waals surface area contributed by atoms with Crippen molar-refractivity contribution in [3.8, 4) is 10.4 Å². The van der Waals surface area contributed by atoms with Gasteiger partial charge in [0.2, 0.25) is 5.91 Å². The van der Waals surface area contributed by atoms with E-state index in [1.807, 2.05) is 35.7 Å². The maximum atomic E-state index is 13.0. The highest BCUT2D eigenvalue weighted by molar-refractivity contribution is 7.18. The van der Waals surface area contributed by atoms with Crippen molar-refractivity contribution in [3.05, 3.63) is 63.7 Å². The van der Waals surface area contributed by atoms with Crippen LogP contribution in [0.15, 0.2) is 53.9 Å². The smallest absolute Gasteiger partial charge is 0.350 e. The number of amides is 4.